The third kappa shape index (κ3) is 3.25. The highest BCUT2D eigenvalue weighted by atomic mass is 19.1. The topological polar surface area (TPSA) is 60.0 Å². The van der Waals surface area contributed by atoms with E-state index >= 15 is 0 Å². The standard InChI is InChI=1S/C19H25F2N5/c1-19(13-2-4-14(20)5-3-13)7-17(18(8-19)26-12-23-11-24-26)25-9-15(21)6-16(22)10-25/h2-5,11-12,15-18H,6-10,22H2,1H3/t15?,16?,17-,18?,19?/m0/s1. The highest BCUT2D eigenvalue weighted by Gasteiger charge is 2.48. The van der Waals surface area contributed by atoms with E-state index in [1.807, 2.05) is 16.8 Å². The van der Waals surface area contributed by atoms with E-state index in [4.69, 9.17) is 5.73 Å². The molecule has 0 radical (unpaired) electrons. The minimum Gasteiger partial charge on any atom is -0.326 e. The van der Waals surface area contributed by atoms with Gasteiger partial charge in [-0.25, -0.2) is 18.4 Å². The van der Waals surface area contributed by atoms with Crippen LogP contribution in [0.3, 0.4) is 0 Å². The lowest BCUT2D eigenvalue weighted by molar-refractivity contribution is 0.0682. The number of halogens is 2. The van der Waals surface area contributed by atoms with Gasteiger partial charge >= 0.3 is 0 Å². The van der Waals surface area contributed by atoms with E-state index in [0.29, 0.717) is 19.5 Å². The molecule has 1 saturated heterocycles. The zero-order valence-electron chi connectivity index (χ0n) is 14.9. The molecule has 2 heterocycles. The summed E-state index contributed by atoms with van der Waals surface area (Å²) in [6, 6.07) is 6.79. The molecule has 26 heavy (non-hydrogen) atoms. The predicted molar refractivity (Wildman–Crippen MR) is 94.9 cm³/mol. The van der Waals surface area contributed by atoms with Gasteiger partial charge in [0.05, 0.1) is 6.04 Å². The van der Waals surface area contributed by atoms with Crippen molar-refractivity contribution in [3.8, 4) is 0 Å². The second kappa shape index (κ2) is 6.70. The summed E-state index contributed by atoms with van der Waals surface area (Å²) in [6.45, 7) is 3.29. The van der Waals surface area contributed by atoms with Crippen LogP contribution in [-0.2, 0) is 5.41 Å². The number of likely N-dealkylation sites (tertiary alicyclic amines) is 1. The van der Waals surface area contributed by atoms with Gasteiger partial charge in [0, 0.05) is 25.2 Å². The molecule has 2 N–H and O–H groups in total. The van der Waals surface area contributed by atoms with Crippen molar-refractivity contribution in [2.45, 2.75) is 55.9 Å². The minimum absolute atomic E-state index is 0.0880. The summed E-state index contributed by atoms with van der Waals surface area (Å²) in [5, 5.41) is 4.35. The highest BCUT2D eigenvalue weighted by molar-refractivity contribution is 5.28. The Kier molecular flexibility index (Phi) is 4.52. The summed E-state index contributed by atoms with van der Waals surface area (Å²) in [7, 11) is 0. The molecule has 1 aliphatic carbocycles. The maximum Gasteiger partial charge on any atom is 0.137 e. The van der Waals surface area contributed by atoms with Crippen molar-refractivity contribution in [3.63, 3.8) is 0 Å². The summed E-state index contributed by atoms with van der Waals surface area (Å²) >= 11 is 0. The van der Waals surface area contributed by atoms with Gasteiger partial charge in [0.15, 0.2) is 0 Å². The Morgan fingerprint density at radius 1 is 1.15 bits per heavy atom. The fourth-order valence-corrected chi connectivity index (χ4v) is 4.78. The zero-order chi connectivity index (χ0) is 18.3. The molecule has 4 unspecified atom stereocenters. The maximum absolute atomic E-state index is 14.2. The van der Waals surface area contributed by atoms with Gasteiger partial charge in [-0.05, 0) is 42.4 Å². The number of benzene rings is 1. The van der Waals surface area contributed by atoms with Crippen molar-refractivity contribution in [3.05, 3.63) is 48.3 Å². The predicted octanol–water partition coefficient (Wildman–Crippen LogP) is 2.45. The molecule has 0 bridgehead atoms. The zero-order valence-corrected chi connectivity index (χ0v) is 14.9. The SMILES string of the molecule is CC1(c2ccc(F)cc2)CC(n2cncn2)[C@@H](N2CC(N)CC(F)C2)C1. The molecule has 5 atom stereocenters. The van der Waals surface area contributed by atoms with E-state index in [-0.39, 0.29) is 29.4 Å². The van der Waals surface area contributed by atoms with Crippen LogP contribution in [0.4, 0.5) is 8.78 Å². The number of nitrogens with zero attached hydrogens (tertiary/aromatic N) is 4. The van der Waals surface area contributed by atoms with Crippen LogP contribution < -0.4 is 5.73 Å². The molecule has 1 saturated carbocycles. The molecule has 7 heteroatoms. The fraction of sp³-hybridized carbons (Fsp3) is 0.579. The molecule has 1 aromatic carbocycles. The third-order valence-corrected chi connectivity index (χ3v) is 6.01. The Morgan fingerprint density at radius 3 is 2.54 bits per heavy atom. The van der Waals surface area contributed by atoms with E-state index < -0.39 is 6.17 Å². The average Bonchev–Trinajstić information content (AvgIpc) is 3.22. The Morgan fingerprint density at radius 2 is 1.88 bits per heavy atom. The number of nitrogens with two attached hydrogens (primary N) is 1. The summed E-state index contributed by atoms with van der Waals surface area (Å²) in [6.07, 6.45) is 4.48. The van der Waals surface area contributed by atoms with Crippen molar-refractivity contribution < 1.29 is 8.78 Å². The Hall–Kier alpha value is -1.86. The first-order valence-corrected chi connectivity index (χ1v) is 9.18. The van der Waals surface area contributed by atoms with Gasteiger partial charge in [-0.2, -0.15) is 5.10 Å². The van der Waals surface area contributed by atoms with Gasteiger partial charge in [-0.15, -0.1) is 0 Å². The van der Waals surface area contributed by atoms with E-state index in [9.17, 15) is 8.78 Å². The Bertz CT molecular complexity index is 725. The lowest BCUT2D eigenvalue weighted by Crippen LogP contribution is -2.53. The largest absolute Gasteiger partial charge is 0.326 e. The lowest BCUT2D eigenvalue weighted by Gasteiger charge is -2.39. The molecule has 1 aliphatic heterocycles. The van der Waals surface area contributed by atoms with Crippen molar-refractivity contribution >= 4 is 0 Å². The van der Waals surface area contributed by atoms with Gasteiger partial charge in [0.25, 0.3) is 0 Å². The second-order valence-corrected chi connectivity index (χ2v) is 8.03. The van der Waals surface area contributed by atoms with E-state index in [2.05, 4.69) is 21.9 Å². The van der Waals surface area contributed by atoms with Crippen LogP contribution >= 0.6 is 0 Å². The molecule has 5 nitrogen and oxygen atoms in total. The highest BCUT2D eigenvalue weighted by Crippen LogP contribution is 2.48. The van der Waals surface area contributed by atoms with Crippen LogP contribution in [0.15, 0.2) is 36.9 Å². The Balaban J connectivity index is 1.65. The van der Waals surface area contributed by atoms with Gasteiger partial charge < -0.3 is 5.73 Å². The van der Waals surface area contributed by atoms with E-state index in [1.54, 1.807) is 6.33 Å². The normalized spacial score (nSPS) is 35.7. The van der Waals surface area contributed by atoms with Crippen LogP contribution in [0, 0.1) is 5.82 Å². The molecule has 2 fully saturated rings. The van der Waals surface area contributed by atoms with Gasteiger partial charge in [-0.1, -0.05) is 19.1 Å². The van der Waals surface area contributed by atoms with Crippen molar-refractivity contribution in [2.75, 3.05) is 13.1 Å². The number of hydrogen-bond acceptors (Lipinski definition) is 4. The molecular formula is C19H25F2N5. The van der Waals surface area contributed by atoms with E-state index in [1.165, 1.54) is 18.5 Å². The van der Waals surface area contributed by atoms with Gasteiger partial charge in [-0.3, -0.25) is 4.90 Å². The van der Waals surface area contributed by atoms with Crippen molar-refractivity contribution in [1.29, 1.82) is 0 Å². The summed E-state index contributed by atoms with van der Waals surface area (Å²) in [5.74, 6) is -0.234. The molecule has 140 valence electrons. The van der Waals surface area contributed by atoms with Crippen LogP contribution in [0.1, 0.15) is 37.8 Å². The summed E-state index contributed by atoms with van der Waals surface area (Å²) in [4.78, 5) is 6.27. The molecular weight excluding hydrogens is 336 g/mol. The van der Waals surface area contributed by atoms with Gasteiger partial charge in [0.1, 0.15) is 24.6 Å². The first-order chi connectivity index (χ1) is 12.4. The number of aromatic nitrogens is 3. The summed E-state index contributed by atoms with van der Waals surface area (Å²) < 4.78 is 29.4. The monoisotopic (exact) mass is 361 g/mol. The number of alkyl halides is 1. The molecule has 4 rings (SSSR count). The molecule has 2 aliphatic rings. The molecule has 1 aromatic heterocycles. The molecule has 0 amide bonds. The number of hydrogen-bond donors (Lipinski definition) is 1. The number of rotatable bonds is 3. The first kappa shape index (κ1) is 17.5. The maximum atomic E-state index is 14.2. The Labute approximate surface area is 152 Å². The minimum atomic E-state index is -0.896. The van der Waals surface area contributed by atoms with Crippen LogP contribution in [0.2, 0.25) is 0 Å². The fourth-order valence-electron chi connectivity index (χ4n) is 4.78. The quantitative estimate of drug-likeness (QED) is 0.912. The average molecular weight is 361 g/mol. The molecule has 0 spiro atoms. The third-order valence-electron chi connectivity index (χ3n) is 6.01. The smallest absolute Gasteiger partial charge is 0.137 e. The van der Waals surface area contributed by atoms with Crippen LogP contribution in [0.25, 0.3) is 0 Å². The van der Waals surface area contributed by atoms with Crippen LogP contribution in [-0.4, -0.2) is 51.0 Å². The van der Waals surface area contributed by atoms with Gasteiger partial charge in [0.2, 0.25) is 0 Å². The second-order valence-electron chi connectivity index (χ2n) is 8.03. The van der Waals surface area contributed by atoms with Crippen molar-refractivity contribution in [2.24, 2.45) is 5.73 Å². The first-order valence-electron chi connectivity index (χ1n) is 9.18. The van der Waals surface area contributed by atoms with E-state index in [0.717, 1.165) is 18.4 Å². The summed E-state index contributed by atoms with van der Waals surface area (Å²) in [5.41, 5.74) is 7.05. The molecule has 2 aromatic rings. The number of piperidine rings is 1. The van der Waals surface area contributed by atoms with Crippen molar-refractivity contribution in [1.82, 2.24) is 19.7 Å². The lowest BCUT2D eigenvalue weighted by atomic mass is 9.80. The van der Waals surface area contributed by atoms with Crippen LogP contribution in [0.5, 0.6) is 0 Å².